The van der Waals surface area contributed by atoms with Gasteiger partial charge >= 0.3 is 0 Å². The average molecular weight is 385 g/mol. The Morgan fingerprint density at radius 3 is 3.12 bits per heavy atom. The van der Waals surface area contributed by atoms with Crippen molar-refractivity contribution in [3.63, 3.8) is 0 Å². The fourth-order valence-corrected chi connectivity index (χ4v) is 2.42. The number of hydrogen-bond donors (Lipinski definition) is 2. The van der Waals surface area contributed by atoms with E-state index in [1.807, 2.05) is 18.2 Å². The van der Waals surface area contributed by atoms with Gasteiger partial charge in [0.1, 0.15) is 24.3 Å². The minimum absolute atomic E-state index is 0.443. The molecule has 0 fully saturated rings. The Balaban J connectivity index is 1.74. The van der Waals surface area contributed by atoms with Crippen LogP contribution in [0.1, 0.15) is 5.69 Å². The van der Waals surface area contributed by atoms with Gasteiger partial charge in [-0.2, -0.15) is 10.4 Å². The molecule has 0 saturated carbocycles. The molecule has 2 aromatic rings. The van der Waals surface area contributed by atoms with Gasteiger partial charge in [0.2, 0.25) is 5.95 Å². The summed E-state index contributed by atoms with van der Waals surface area (Å²) in [6.07, 6.45) is 10.3. The third-order valence-electron chi connectivity index (χ3n) is 3.14. The summed E-state index contributed by atoms with van der Waals surface area (Å²) in [5.41, 5.74) is 1.67. The summed E-state index contributed by atoms with van der Waals surface area (Å²) in [5, 5.41) is 19.7. The van der Waals surface area contributed by atoms with Crippen LogP contribution in [0.5, 0.6) is 0 Å². The highest BCUT2D eigenvalue weighted by Crippen LogP contribution is 2.20. The van der Waals surface area contributed by atoms with Crippen molar-refractivity contribution in [3.05, 3.63) is 59.1 Å². The van der Waals surface area contributed by atoms with Gasteiger partial charge in [-0.3, -0.25) is 4.68 Å². The fraction of sp³-hybridized carbons (Fsp3) is 0.133. The Bertz CT molecular complexity index is 845. The number of allylic oxidation sites excluding steroid dienone is 4. The van der Waals surface area contributed by atoms with E-state index in [9.17, 15) is 5.26 Å². The Labute approximate surface area is 146 Å². The van der Waals surface area contributed by atoms with Crippen LogP contribution in [0.2, 0.25) is 0 Å². The summed E-state index contributed by atoms with van der Waals surface area (Å²) in [7, 11) is 0. The molecule has 0 spiro atoms. The molecule has 120 valence electrons. The van der Waals surface area contributed by atoms with Gasteiger partial charge in [0.25, 0.3) is 0 Å². The Morgan fingerprint density at radius 1 is 1.46 bits per heavy atom. The van der Waals surface area contributed by atoms with Crippen LogP contribution in [0.3, 0.4) is 0 Å². The number of nitrogens with zero attached hydrogens (tertiary/aromatic N) is 6. The SMILES string of the molecule is N#C/C(=C1/C=CC=C(Br)N1)c1ccnc(NCCn2cncn2)n1. The Morgan fingerprint density at radius 2 is 2.38 bits per heavy atom. The van der Waals surface area contributed by atoms with Crippen LogP contribution in [0.25, 0.3) is 5.57 Å². The van der Waals surface area contributed by atoms with Gasteiger partial charge < -0.3 is 10.6 Å². The minimum Gasteiger partial charge on any atom is -0.352 e. The molecule has 2 aromatic heterocycles. The number of anilines is 1. The summed E-state index contributed by atoms with van der Waals surface area (Å²) in [6, 6.07) is 3.90. The molecule has 0 radical (unpaired) electrons. The van der Waals surface area contributed by atoms with E-state index in [-0.39, 0.29) is 0 Å². The maximum Gasteiger partial charge on any atom is 0.223 e. The molecule has 0 aromatic carbocycles. The van der Waals surface area contributed by atoms with Gasteiger partial charge in [0.15, 0.2) is 0 Å². The molecule has 0 atom stereocenters. The fourth-order valence-electron chi connectivity index (χ4n) is 2.06. The molecule has 8 nitrogen and oxygen atoms in total. The molecule has 0 bridgehead atoms. The predicted octanol–water partition coefficient (Wildman–Crippen LogP) is 1.81. The first-order valence-corrected chi connectivity index (χ1v) is 7.90. The van der Waals surface area contributed by atoms with E-state index in [4.69, 9.17) is 0 Å². The first kappa shape index (κ1) is 15.9. The van der Waals surface area contributed by atoms with Crippen molar-refractivity contribution < 1.29 is 0 Å². The second-order valence-corrected chi connectivity index (χ2v) is 5.60. The van der Waals surface area contributed by atoms with Crippen LogP contribution in [0.15, 0.2) is 53.4 Å². The molecule has 24 heavy (non-hydrogen) atoms. The van der Waals surface area contributed by atoms with Crippen molar-refractivity contribution in [2.45, 2.75) is 6.54 Å². The van der Waals surface area contributed by atoms with Crippen LogP contribution < -0.4 is 10.6 Å². The zero-order chi connectivity index (χ0) is 16.8. The monoisotopic (exact) mass is 384 g/mol. The molecule has 0 unspecified atom stereocenters. The Hall–Kier alpha value is -2.99. The van der Waals surface area contributed by atoms with Gasteiger partial charge in [-0.05, 0) is 34.1 Å². The lowest BCUT2D eigenvalue weighted by molar-refractivity contribution is 0.634. The molecule has 0 saturated heterocycles. The third-order valence-corrected chi connectivity index (χ3v) is 3.61. The standard InChI is InChI=1S/C15H13BrN8/c16-14-3-1-2-12(22-14)11(8-17)13-4-5-19-15(23-13)20-6-7-24-10-18-9-21-24/h1-5,9-10,22H,6-7H2,(H,19,20,23)/b12-11+. The summed E-state index contributed by atoms with van der Waals surface area (Å²) in [6.45, 7) is 1.24. The molecule has 0 aliphatic carbocycles. The van der Waals surface area contributed by atoms with Crippen molar-refractivity contribution in [2.24, 2.45) is 0 Å². The van der Waals surface area contributed by atoms with E-state index in [0.717, 1.165) is 4.61 Å². The maximum atomic E-state index is 9.49. The lowest BCUT2D eigenvalue weighted by atomic mass is 10.1. The number of hydrogen-bond acceptors (Lipinski definition) is 7. The number of nitriles is 1. The number of dihydropyridines is 1. The first-order valence-electron chi connectivity index (χ1n) is 7.11. The van der Waals surface area contributed by atoms with Crippen molar-refractivity contribution in [2.75, 3.05) is 11.9 Å². The first-order chi connectivity index (χ1) is 11.8. The zero-order valence-corrected chi connectivity index (χ0v) is 14.1. The lowest BCUT2D eigenvalue weighted by Crippen LogP contribution is -2.14. The minimum atomic E-state index is 0.443. The van der Waals surface area contributed by atoms with Crippen LogP contribution in [-0.2, 0) is 6.54 Å². The van der Waals surface area contributed by atoms with Crippen LogP contribution in [-0.4, -0.2) is 31.3 Å². The largest absolute Gasteiger partial charge is 0.352 e. The molecule has 0 amide bonds. The summed E-state index contributed by atoms with van der Waals surface area (Å²) >= 11 is 3.36. The second kappa shape index (κ2) is 7.52. The van der Waals surface area contributed by atoms with E-state index in [1.165, 1.54) is 6.33 Å². The second-order valence-electron chi connectivity index (χ2n) is 4.75. The summed E-state index contributed by atoms with van der Waals surface area (Å²) < 4.78 is 2.49. The third kappa shape index (κ3) is 3.85. The number of halogens is 1. The van der Waals surface area contributed by atoms with E-state index in [2.05, 4.69) is 52.7 Å². The van der Waals surface area contributed by atoms with Crippen molar-refractivity contribution in [1.29, 1.82) is 5.26 Å². The number of nitrogens with one attached hydrogen (secondary N) is 2. The van der Waals surface area contributed by atoms with E-state index < -0.39 is 0 Å². The number of rotatable bonds is 5. The molecule has 1 aliphatic rings. The molecule has 3 heterocycles. The quantitative estimate of drug-likeness (QED) is 0.598. The number of aromatic nitrogens is 5. The predicted molar refractivity (Wildman–Crippen MR) is 92.4 cm³/mol. The molecular formula is C15H13BrN8. The van der Waals surface area contributed by atoms with Gasteiger partial charge in [-0.25, -0.2) is 15.0 Å². The van der Waals surface area contributed by atoms with E-state index >= 15 is 0 Å². The molecule has 3 rings (SSSR count). The normalized spacial score (nSPS) is 15.2. The summed E-state index contributed by atoms with van der Waals surface area (Å²) in [5.74, 6) is 0.454. The van der Waals surface area contributed by atoms with Crippen LogP contribution >= 0.6 is 15.9 Å². The van der Waals surface area contributed by atoms with Crippen molar-refractivity contribution >= 4 is 27.5 Å². The van der Waals surface area contributed by atoms with Gasteiger partial charge in [0, 0.05) is 12.7 Å². The van der Waals surface area contributed by atoms with Gasteiger partial charge in [0.05, 0.1) is 22.5 Å². The van der Waals surface area contributed by atoms with E-state index in [1.54, 1.807) is 23.3 Å². The van der Waals surface area contributed by atoms with Crippen molar-refractivity contribution in [3.8, 4) is 6.07 Å². The van der Waals surface area contributed by atoms with Crippen LogP contribution in [0, 0.1) is 11.3 Å². The Kier molecular flexibility index (Phi) is 4.98. The van der Waals surface area contributed by atoms with E-state index in [0.29, 0.717) is 36.0 Å². The van der Waals surface area contributed by atoms with Crippen LogP contribution in [0.4, 0.5) is 5.95 Å². The smallest absolute Gasteiger partial charge is 0.223 e. The highest BCUT2D eigenvalue weighted by molar-refractivity contribution is 9.11. The van der Waals surface area contributed by atoms with Gasteiger partial charge in [-0.15, -0.1) is 0 Å². The highest BCUT2D eigenvalue weighted by atomic mass is 79.9. The lowest BCUT2D eigenvalue weighted by Gasteiger charge is -2.12. The molecular weight excluding hydrogens is 372 g/mol. The van der Waals surface area contributed by atoms with Gasteiger partial charge in [-0.1, -0.05) is 6.08 Å². The highest BCUT2D eigenvalue weighted by Gasteiger charge is 2.12. The average Bonchev–Trinajstić information content (AvgIpc) is 3.10. The molecule has 2 N–H and O–H groups in total. The van der Waals surface area contributed by atoms with Crippen molar-refractivity contribution in [1.82, 2.24) is 30.0 Å². The molecule has 9 heteroatoms. The molecule has 1 aliphatic heterocycles. The topological polar surface area (TPSA) is 104 Å². The maximum absolute atomic E-state index is 9.49. The summed E-state index contributed by atoms with van der Waals surface area (Å²) in [4.78, 5) is 12.5. The zero-order valence-electron chi connectivity index (χ0n) is 12.5.